The fraction of sp³-hybridized carbons (Fsp3) is 0.0417. The summed E-state index contributed by atoms with van der Waals surface area (Å²) in [6.45, 7) is 0. The normalized spacial score (nSPS) is 10.8. The predicted molar refractivity (Wildman–Crippen MR) is 126 cm³/mol. The standard InChI is InChI=1S/C24H16BrClN2O4/c1-31-21-12-15(10-17(14-27)23(29)28-19-9-5-8-18(26)13-19)11-20(25)22(21)32-24(30)16-6-3-2-4-7-16/h2-13H,1H3,(H,28,29)/b17-10+. The predicted octanol–water partition coefficient (Wildman–Crippen LogP) is 5.88. The molecule has 3 rings (SSSR count). The van der Waals surface area contributed by atoms with Gasteiger partial charge in [0.05, 0.1) is 17.1 Å². The second kappa shape index (κ2) is 10.6. The van der Waals surface area contributed by atoms with Crippen LogP contribution in [-0.4, -0.2) is 19.0 Å². The van der Waals surface area contributed by atoms with E-state index in [9.17, 15) is 14.9 Å². The van der Waals surface area contributed by atoms with Crippen molar-refractivity contribution in [1.29, 1.82) is 5.26 Å². The molecule has 0 saturated heterocycles. The van der Waals surface area contributed by atoms with Crippen LogP contribution in [0.15, 0.2) is 76.8 Å². The zero-order chi connectivity index (χ0) is 23.1. The summed E-state index contributed by atoms with van der Waals surface area (Å²) in [4.78, 5) is 24.9. The second-order valence-corrected chi connectivity index (χ2v) is 7.71. The second-order valence-electron chi connectivity index (χ2n) is 6.42. The first-order valence-corrected chi connectivity index (χ1v) is 10.4. The Bertz CT molecular complexity index is 1240. The summed E-state index contributed by atoms with van der Waals surface area (Å²) in [7, 11) is 1.42. The Morgan fingerprint density at radius 3 is 2.50 bits per heavy atom. The molecule has 0 unspecified atom stereocenters. The van der Waals surface area contributed by atoms with E-state index >= 15 is 0 Å². The van der Waals surface area contributed by atoms with Crippen LogP contribution in [0.5, 0.6) is 11.5 Å². The van der Waals surface area contributed by atoms with Crippen molar-refractivity contribution in [2.75, 3.05) is 12.4 Å². The molecule has 3 aromatic rings. The van der Waals surface area contributed by atoms with E-state index in [1.165, 1.54) is 13.2 Å². The smallest absolute Gasteiger partial charge is 0.343 e. The fourth-order valence-electron chi connectivity index (χ4n) is 2.73. The van der Waals surface area contributed by atoms with Gasteiger partial charge in [0.15, 0.2) is 11.5 Å². The van der Waals surface area contributed by atoms with Crippen LogP contribution < -0.4 is 14.8 Å². The first-order valence-electron chi connectivity index (χ1n) is 9.24. The van der Waals surface area contributed by atoms with Gasteiger partial charge in [-0.05, 0) is 70.0 Å². The molecule has 1 N–H and O–H groups in total. The number of nitrogens with zero attached hydrogens (tertiary/aromatic N) is 1. The lowest BCUT2D eigenvalue weighted by molar-refractivity contribution is -0.112. The van der Waals surface area contributed by atoms with Gasteiger partial charge in [-0.15, -0.1) is 0 Å². The van der Waals surface area contributed by atoms with Crippen LogP contribution in [0.4, 0.5) is 5.69 Å². The fourth-order valence-corrected chi connectivity index (χ4v) is 3.46. The maximum absolute atomic E-state index is 12.5. The maximum atomic E-state index is 12.5. The van der Waals surface area contributed by atoms with Gasteiger partial charge >= 0.3 is 5.97 Å². The number of ether oxygens (including phenoxy) is 2. The largest absolute Gasteiger partial charge is 0.493 e. The van der Waals surface area contributed by atoms with Crippen molar-refractivity contribution in [3.63, 3.8) is 0 Å². The number of amides is 1. The quantitative estimate of drug-likeness (QED) is 0.193. The first kappa shape index (κ1) is 23.1. The molecular formula is C24H16BrClN2O4. The zero-order valence-corrected chi connectivity index (χ0v) is 19.1. The van der Waals surface area contributed by atoms with E-state index in [4.69, 9.17) is 21.1 Å². The van der Waals surface area contributed by atoms with Gasteiger partial charge in [0, 0.05) is 10.7 Å². The third-order valence-electron chi connectivity index (χ3n) is 4.21. The van der Waals surface area contributed by atoms with Crippen LogP contribution in [-0.2, 0) is 4.79 Å². The van der Waals surface area contributed by atoms with Gasteiger partial charge in [-0.3, -0.25) is 4.79 Å². The van der Waals surface area contributed by atoms with Gasteiger partial charge < -0.3 is 14.8 Å². The molecule has 1 amide bonds. The minimum atomic E-state index is -0.593. The summed E-state index contributed by atoms with van der Waals surface area (Å²) in [5, 5.41) is 12.6. The summed E-state index contributed by atoms with van der Waals surface area (Å²) >= 11 is 9.29. The first-order chi connectivity index (χ1) is 15.4. The molecule has 6 nitrogen and oxygen atoms in total. The molecule has 0 saturated carbocycles. The molecule has 0 radical (unpaired) electrons. The molecule has 0 heterocycles. The van der Waals surface area contributed by atoms with Crippen LogP contribution in [0.3, 0.4) is 0 Å². The van der Waals surface area contributed by atoms with Gasteiger partial charge in [-0.1, -0.05) is 35.9 Å². The number of hydrogen-bond donors (Lipinski definition) is 1. The van der Waals surface area contributed by atoms with E-state index in [1.807, 2.05) is 6.07 Å². The number of esters is 1. The Hall–Kier alpha value is -3.60. The molecule has 3 aromatic carbocycles. The highest BCUT2D eigenvalue weighted by atomic mass is 79.9. The van der Waals surface area contributed by atoms with Crippen molar-refractivity contribution in [3.05, 3.63) is 92.9 Å². The molecule has 160 valence electrons. The van der Waals surface area contributed by atoms with Crippen molar-refractivity contribution >= 4 is 51.2 Å². The summed E-state index contributed by atoms with van der Waals surface area (Å²) < 4.78 is 11.3. The number of hydrogen-bond acceptors (Lipinski definition) is 5. The summed E-state index contributed by atoms with van der Waals surface area (Å²) in [5.74, 6) is -0.709. The highest BCUT2D eigenvalue weighted by molar-refractivity contribution is 9.10. The minimum Gasteiger partial charge on any atom is -0.493 e. The van der Waals surface area contributed by atoms with Gasteiger partial charge in [-0.25, -0.2) is 4.79 Å². The summed E-state index contributed by atoms with van der Waals surface area (Å²) in [6.07, 6.45) is 1.40. The number of nitriles is 1. The number of anilines is 1. The van der Waals surface area contributed by atoms with E-state index in [1.54, 1.807) is 66.7 Å². The monoisotopic (exact) mass is 510 g/mol. The molecule has 0 aliphatic rings. The van der Waals surface area contributed by atoms with Crippen molar-refractivity contribution in [3.8, 4) is 17.6 Å². The number of methoxy groups -OCH3 is 1. The Morgan fingerprint density at radius 2 is 1.84 bits per heavy atom. The third-order valence-corrected chi connectivity index (χ3v) is 5.04. The lowest BCUT2D eigenvalue weighted by Gasteiger charge is -2.12. The number of carbonyl (C=O) groups is 2. The van der Waals surface area contributed by atoms with Gasteiger partial charge in [0.2, 0.25) is 0 Å². The SMILES string of the molecule is COc1cc(/C=C(\C#N)C(=O)Nc2cccc(Cl)c2)cc(Br)c1OC(=O)c1ccccc1. The number of halogens is 2. The lowest BCUT2D eigenvalue weighted by Crippen LogP contribution is -2.13. The molecule has 0 aliphatic heterocycles. The highest BCUT2D eigenvalue weighted by Crippen LogP contribution is 2.37. The highest BCUT2D eigenvalue weighted by Gasteiger charge is 2.17. The van der Waals surface area contributed by atoms with Crippen LogP contribution in [0.1, 0.15) is 15.9 Å². The molecule has 0 spiro atoms. The van der Waals surface area contributed by atoms with E-state index < -0.39 is 11.9 Å². The molecule has 0 aliphatic carbocycles. The number of benzene rings is 3. The van der Waals surface area contributed by atoms with Crippen molar-refractivity contribution < 1.29 is 19.1 Å². The Labute approximate surface area is 198 Å². The Morgan fingerprint density at radius 1 is 1.09 bits per heavy atom. The van der Waals surface area contributed by atoms with Crippen LogP contribution in [0, 0.1) is 11.3 Å². The van der Waals surface area contributed by atoms with Gasteiger partial charge in [-0.2, -0.15) is 5.26 Å². The van der Waals surface area contributed by atoms with E-state index in [2.05, 4.69) is 21.2 Å². The molecule has 0 aromatic heterocycles. The third kappa shape index (κ3) is 5.76. The number of carbonyl (C=O) groups excluding carboxylic acids is 2. The van der Waals surface area contributed by atoms with E-state index in [0.29, 0.717) is 26.3 Å². The number of nitrogens with one attached hydrogen (secondary N) is 1. The van der Waals surface area contributed by atoms with Crippen molar-refractivity contribution in [2.45, 2.75) is 0 Å². The van der Waals surface area contributed by atoms with Crippen molar-refractivity contribution in [1.82, 2.24) is 0 Å². The molecular weight excluding hydrogens is 496 g/mol. The summed E-state index contributed by atoms with van der Waals surface area (Å²) in [5.41, 5.74) is 1.21. The molecule has 32 heavy (non-hydrogen) atoms. The Kier molecular flexibility index (Phi) is 7.66. The van der Waals surface area contributed by atoms with E-state index in [0.717, 1.165) is 0 Å². The maximum Gasteiger partial charge on any atom is 0.343 e. The van der Waals surface area contributed by atoms with Crippen LogP contribution >= 0.6 is 27.5 Å². The lowest BCUT2D eigenvalue weighted by atomic mass is 10.1. The number of rotatable bonds is 6. The van der Waals surface area contributed by atoms with Crippen LogP contribution in [0.25, 0.3) is 6.08 Å². The summed E-state index contributed by atoms with van der Waals surface area (Å²) in [6, 6.07) is 20.2. The zero-order valence-electron chi connectivity index (χ0n) is 16.8. The average molecular weight is 512 g/mol. The average Bonchev–Trinajstić information content (AvgIpc) is 2.79. The van der Waals surface area contributed by atoms with Gasteiger partial charge in [0.1, 0.15) is 11.6 Å². The van der Waals surface area contributed by atoms with Crippen molar-refractivity contribution in [2.24, 2.45) is 0 Å². The minimum absolute atomic E-state index is 0.132. The topological polar surface area (TPSA) is 88.4 Å². The molecule has 0 bridgehead atoms. The van der Waals surface area contributed by atoms with Gasteiger partial charge in [0.25, 0.3) is 5.91 Å². The molecule has 0 atom stereocenters. The molecule has 8 heteroatoms. The Balaban J connectivity index is 1.86. The van der Waals surface area contributed by atoms with Crippen LogP contribution in [0.2, 0.25) is 5.02 Å². The molecule has 0 fully saturated rings. The van der Waals surface area contributed by atoms with E-state index in [-0.39, 0.29) is 17.1 Å².